The topological polar surface area (TPSA) is 117 Å². The normalized spacial score (nSPS) is 14.0. The smallest absolute Gasteiger partial charge is 0.416 e. The van der Waals surface area contributed by atoms with Crippen LogP contribution in [0.25, 0.3) is 0 Å². The number of amides is 3. The standard InChI is InChI=1S/C42H45F6N3O5/c1-25(2)37(51-39(54)30-20-31(41(43,44)45)22-32(21-30)42(46,47)48)40(55)49-33(18-28-14-7-5-8-15-28)23-35(52)34(19-29-16-9-6-10-17-29)50-36(53)24-56-38-26(3)12-11-13-27(38)4/h5-17,20-22,25,33-35,37,52H,18-19,23-24H2,1-4H3,(H,49,55)(H,50,53)(H,51,54)/t33-,34-,35-,37-/m0/s1. The summed E-state index contributed by atoms with van der Waals surface area (Å²) in [5.74, 6) is -2.70. The van der Waals surface area contributed by atoms with Gasteiger partial charge in [0.15, 0.2) is 6.61 Å². The van der Waals surface area contributed by atoms with E-state index in [9.17, 15) is 45.8 Å². The highest BCUT2D eigenvalue weighted by Crippen LogP contribution is 2.36. The third kappa shape index (κ3) is 12.6. The summed E-state index contributed by atoms with van der Waals surface area (Å²) in [5.41, 5.74) is -1.01. The molecule has 4 rings (SSSR count). The Kier molecular flexibility index (Phi) is 14.7. The summed E-state index contributed by atoms with van der Waals surface area (Å²) in [7, 11) is 0. The van der Waals surface area contributed by atoms with Gasteiger partial charge in [0, 0.05) is 11.6 Å². The Balaban J connectivity index is 1.57. The van der Waals surface area contributed by atoms with Crippen LogP contribution in [-0.4, -0.2) is 53.7 Å². The highest BCUT2D eigenvalue weighted by atomic mass is 19.4. The predicted molar refractivity (Wildman–Crippen MR) is 199 cm³/mol. The first-order valence-corrected chi connectivity index (χ1v) is 18.0. The molecular weight excluding hydrogens is 740 g/mol. The van der Waals surface area contributed by atoms with Gasteiger partial charge >= 0.3 is 12.4 Å². The van der Waals surface area contributed by atoms with Crippen LogP contribution in [0, 0.1) is 19.8 Å². The quantitative estimate of drug-likeness (QED) is 0.0886. The van der Waals surface area contributed by atoms with Gasteiger partial charge in [-0.25, -0.2) is 0 Å². The average molecular weight is 786 g/mol. The predicted octanol–water partition coefficient (Wildman–Crippen LogP) is 7.38. The summed E-state index contributed by atoms with van der Waals surface area (Å²) in [4.78, 5) is 40.3. The molecule has 300 valence electrons. The van der Waals surface area contributed by atoms with Crippen molar-refractivity contribution in [2.75, 3.05) is 6.61 Å². The van der Waals surface area contributed by atoms with E-state index in [0.29, 0.717) is 17.9 Å². The van der Waals surface area contributed by atoms with Crippen molar-refractivity contribution < 1.29 is 50.6 Å². The third-order valence-electron chi connectivity index (χ3n) is 9.15. The molecule has 0 heterocycles. The van der Waals surface area contributed by atoms with Gasteiger partial charge in [-0.1, -0.05) is 92.7 Å². The van der Waals surface area contributed by atoms with Crippen LogP contribution in [0.15, 0.2) is 97.1 Å². The molecule has 8 nitrogen and oxygen atoms in total. The molecule has 0 radical (unpaired) electrons. The summed E-state index contributed by atoms with van der Waals surface area (Å²) in [6.07, 6.45) is -11.3. The lowest BCUT2D eigenvalue weighted by molar-refractivity contribution is -0.143. The van der Waals surface area contributed by atoms with Gasteiger partial charge in [0.2, 0.25) is 5.91 Å². The Morgan fingerprint density at radius 1 is 0.696 bits per heavy atom. The zero-order valence-electron chi connectivity index (χ0n) is 31.3. The molecule has 0 unspecified atom stereocenters. The Bertz CT molecular complexity index is 1880. The van der Waals surface area contributed by atoms with E-state index < -0.39 is 76.9 Å². The molecule has 4 aromatic carbocycles. The molecule has 3 amide bonds. The summed E-state index contributed by atoms with van der Waals surface area (Å²) >= 11 is 0. The average Bonchev–Trinajstić information content (AvgIpc) is 3.13. The van der Waals surface area contributed by atoms with Gasteiger partial charge in [0.1, 0.15) is 11.8 Å². The van der Waals surface area contributed by atoms with Gasteiger partial charge in [-0.15, -0.1) is 0 Å². The molecule has 0 saturated carbocycles. The van der Waals surface area contributed by atoms with Crippen molar-refractivity contribution in [1.82, 2.24) is 16.0 Å². The Morgan fingerprint density at radius 2 is 1.21 bits per heavy atom. The minimum Gasteiger partial charge on any atom is -0.483 e. The molecule has 4 N–H and O–H groups in total. The van der Waals surface area contributed by atoms with Crippen LogP contribution in [0.4, 0.5) is 26.3 Å². The zero-order valence-corrected chi connectivity index (χ0v) is 31.3. The number of aliphatic hydroxyl groups excluding tert-OH is 1. The van der Waals surface area contributed by atoms with Gasteiger partial charge in [-0.3, -0.25) is 14.4 Å². The first kappa shape index (κ1) is 43.4. The maximum atomic E-state index is 13.8. The van der Waals surface area contributed by atoms with E-state index in [1.165, 1.54) is 0 Å². The van der Waals surface area contributed by atoms with Crippen LogP contribution >= 0.6 is 0 Å². The number of hydrogen-bond acceptors (Lipinski definition) is 5. The highest BCUT2D eigenvalue weighted by molar-refractivity contribution is 5.98. The molecule has 0 aliphatic heterocycles. The SMILES string of the molecule is Cc1cccc(C)c1OCC(=O)N[C@@H](Cc1ccccc1)[C@@H](O)C[C@H](Cc1ccccc1)NC(=O)[C@@H](NC(=O)c1cc(C(F)(F)F)cc(C(F)(F)F)c1)C(C)C. The number of hydrogen-bond donors (Lipinski definition) is 4. The molecule has 0 aliphatic rings. The van der Waals surface area contributed by atoms with E-state index in [-0.39, 0.29) is 31.9 Å². The Hall–Kier alpha value is -5.37. The summed E-state index contributed by atoms with van der Waals surface area (Å²) in [6, 6.07) is 21.1. The van der Waals surface area contributed by atoms with Crippen LogP contribution in [0.2, 0.25) is 0 Å². The fourth-order valence-electron chi connectivity index (χ4n) is 6.25. The van der Waals surface area contributed by atoms with Crippen LogP contribution < -0.4 is 20.7 Å². The molecule has 0 fully saturated rings. The van der Waals surface area contributed by atoms with Gasteiger partial charge in [-0.2, -0.15) is 26.3 Å². The first-order chi connectivity index (χ1) is 26.3. The van der Waals surface area contributed by atoms with Crippen molar-refractivity contribution in [2.45, 2.75) is 83.5 Å². The number of carbonyl (C=O) groups is 3. The number of halogens is 6. The van der Waals surface area contributed by atoms with E-state index in [2.05, 4.69) is 16.0 Å². The minimum absolute atomic E-state index is 0.0887. The second kappa shape index (κ2) is 19.0. The summed E-state index contributed by atoms with van der Waals surface area (Å²) in [5, 5.41) is 19.7. The van der Waals surface area contributed by atoms with Gasteiger partial charge in [0.25, 0.3) is 11.8 Å². The van der Waals surface area contributed by atoms with Crippen LogP contribution in [0.5, 0.6) is 5.75 Å². The number of ether oxygens (including phenoxy) is 1. The van der Waals surface area contributed by atoms with Crippen LogP contribution in [-0.2, 0) is 34.8 Å². The number of alkyl halides is 6. The molecule has 14 heteroatoms. The van der Waals surface area contributed by atoms with E-state index in [0.717, 1.165) is 22.3 Å². The number of para-hydroxylation sites is 1. The van der Waals surface area contributed by atoms with E-state index in [1.807, 2.05) is 62.4 Å². The van der Waals surface area contributed by atoms with Crippen LogP contribution in [0.3, 0.4) is 0 Å². The number of carbonyl (C=O) groups excluding carboxylic acids is 3. The highest BCUT2D eigenvalue weighted by Gasteiger charge is 2.38. The van der Waals surface area contributed by atoms with E-state index >= 15 is 0 Å². The molecule has 4 aromatic rings. The van der Waals surface area contributed by atoms with Gasteiger partial charge in [-0.05, 0) is 79.5 Å². The van der Waals surface area contributed by atoms with E-state index in [1.54, 1.807) is 44.2 Å². The summed E-state index contributed by atoms with van der Waals surface area (Å²) in [6.45, 7) is 6.47. The minimum atomic E-state index is -5.18. The van der Waals surface area contributed by atoms with Gasteiger partial charge in [0.05, 0.1) is 23.3 Å². The maximum absolute atomic E-state index is 13.8. The molecule has 0 bridgehead atoms. The third-order valence-corrected chi connectivity index (χ3v) is 9.15. The fraction of sp³-hybridized carbons (Fsp3) is 0.357. The van der Waals surface area contributed by atoms with E-state index in [4.69, 9.17) is 4.74 Å². The van der Waals surface area contributed by atoms with Crippen molar-refractivity contribution >= 4 is 17.7 Å². The summed E-state index contributed by atoms with van der Waals surface area (Å²) < 4.78 is 86.9. The molecule has 56 heavy (non-hydrogen) atoms. The lowest BCUT2D eigenvalue weighted by Crippen LogP contribution is -2.54. The molecule has 4 atom stereocenters. The van der Waals surface area contributed by atoms with Crippen molar-refractivity contribution in [1.29, 1.82) is 0 Å². The first-order valence-electron chi connectivity index (χ1n) is 18.0. The van der Waals surface area contributed by atoms with Crippen molar-refractivity contribution in [3.05, 3.63) is 136 Å². The Morgan fingerprint density at radius 3 is 1.71 bits per heavy atom. The molecular formula is C42H45F6N3O5. The largest absolute Gasteiger partial charge is 0.483 e. The van der Waals surface area contributed by atoms with Crippen molar-refractivity contribution in [3.63, 3.8) is 0 Å². The van der Waals surface area contributed by atoms with Crippen molar-refractivity contribution in [2.24, 2.45) is 5.92 Å². The second-order valence-electron chi connectivity index (χ2n) is 14.1. The number of aryl methyl sites for hydroxylation is 2. The number of rotatable bonds is 16. The molecule has 0 saturated heterocycles. The van der Waals surface area contributed by atoms with Crippen LogP contribution in [0.1, 0.15) is 64.0 Å². The maximum Gasteiger partial charge on any atom is 0.416 e. The molecule has 0 aliphatic carbocycles. The Labute approximate surface area is 321 Å². The number of aliphatic hydroxyl groups is 1. The van der Waals surface area contributed by atoms with Crippen molar-refractivity contribution in [3.8, 4) is 5.75 Å². The fourth-order valence-corrected chi connectivity index (χ4v) is 6.25. The number of nitrogens with one attached hydrogen (secondary N) is 3. The molecule has 0 spiro atoms. The second-order valence-corrected chi connectivity index (χ2v) is 14.1. The lowest BCUT2D eigenvalue weighted by Gasteiger charge is -2.30. The molecule has 0 aromatic heterocycles. The van der Waals surface area contributed by atoms with Gasteiger partial charge < -0.3 is 25.8 Å². The zero-order chi connectivity index (χ0) is 41.2. The lowest BCUT2D eigenvalue weighted by atomic mass is 9.93. The number of benzene rings is 4. The monoisotopic (exact) mass is 785 g/mol.